The Morgan fingerprint density at radius 1 is 1.26 bits per heavy atom. The average Bonchev–Trinajstić information content (AvgIpc) is 2.34. The topological polar surface area (TPSA) is 67.5 Å². The quantitative estimate of drug-likeness (QED) is 0.664. The van der Waals surface area contributed by atoms with Crippen molar-refractivity contribution in [2.45, 2.75) is 52.2 Å². The molecule has 0 amide bonds. The molecule has 4 nitrogen and oxygen atoms in total. The third-order valence-corrected chi connectivity index (χ3v) is 3.37. The van der Waals surface area contributed by atoms with Gasteiger partial charge >= 0.3 is 0 Å². The number of aliphatic hydroxyl groups excluding tert-OH is 1. The minimum absolute atomic E-state index is 0.0924. The van der Waals surface area contributed by atoms with Gasteiger partial charge in [0.2, 0.25) is 0 Å². The number of hydrogen-bond acceptors (Lipinski definition) is 4. The van der Waals surface area contributed by atoms with Crippen LogP contribution in [-0.2, 0) is 0 Å². The number of nitrogens with two attached hydrogens (primary N) is 1. The molecule has 1 aromatic rings. The van der Waals surface area contributed by atoms with Crippen LogP contribution in [0.1, 0.15) is 40.5 Å². The molecule has 0 saturated heterocycles. The second kappa shape index (κ2) is 6.66. The number of nitrogen functional groups attached to an aromatic ring is 1. The molecule has 0 saturated carbocycles. The molecule has 0 aliphatic rings. The third kappa shape index (κ3) is 4.31. The van der Waals surface area contributed by atoms with E-state index in [-0.39, 0.29) is 18.2 Å². The predicted molar refractivity (Wildman–Crippen MR) is 80.6 cm³/mol. The van der Waals surface area contributed by atoms with E-state index in [0.717, 1.165) is 24.3 Å². The van der Waals surface area contributed by atoms with Gasteiger partial charge in [0.25, 0.3) is 0 Å². The summed E-state index contributed by atoms with van der Waals surface area (Å²) in [6.07, 6.45) is 1.79. The van der Waals surface area contributed by atoms with Crippen molar-refractivity contribution in [1.29, 1.82) is 0 Å². The summed E-state index contributed by atoms with van der Waals surface area (Å²) in [5.41, 5.74) is 7.13. The van der Waals surface area contributed by atoms with E-state index in [0.29, 0.717) is 5.69 Å². The van der Waals surface area contributed by atoms with Gasteiger partial charge in [-0.2, -0.15) is 0 Å². The van der Waals surface area contributed by atoms with E-state index in [1.165, 1.54) is 0 Å². The van der Waals surface area contributed by atoms with E-state index >= 15 is 0 Å². The van der Waals surface area contributed by atoms with E-state index in [4.69, 9.17) is 10.5 Å². The summed E-state index contributed by atoms with van der Waals surface area (Å²) in [6.45, 7) is 8.17. The SMILES string of the molecule is CCC(CC)(CO)Nc1cc(N)cc(OC(C)C)c1. The van der Waals surface area contributed by atoms with Crippen LogP contribution < -0.4 is 15.8 Å². The highest BCUT2D eigenvalue weighted by atomic mass is 16.5. The maximum Gasteiger partial charge on any atom is 0.123 e. The molecule has 0 aliphatic heterocycles. The lowest BCUT2D eigenvalue weighted by Crippen LogP contribution is -2.40. The summed E-state index contributed by atoms with van der Waals surface area (Å²) >= 11 is 0. The Balaban J connectivity index is 2.97. The number of hydrogen-bond donors (Lipinski definition) is 3. The largest absolute Gasteiger partial charge is 0.491 e. The fourth-order valence-electron chi connectivity index (χ4n) is 2.03. The third-order valence-electron chi connectivity index (χ3n) is 3.37. The van der Waals surface area contributed by atoms with Crippen molar-refractivity contribution < 1.29 is 9.84 Å². The molecular formula is C15H26N2O2. The number of nitrogens with one attached hydrogen (secondary N) is 1. The first kappa shape index (κ1) is 15.6. The van der Waals surface area contributed by atoms with Crippen LogP contribution in [0.3, 0.4) is 0 Å². The highest BCUT2D eigenvalue weighted by molar-refractivity contribution is 5.60. The van der Waals surface area contributed by atoms with Crippen LogP contribution in [0.2, 0.25) is 0 Å². The van der Waals surface area contributed by atoms with Gasteiger partial charge in [-0.3, -0.25) is 0 Å². The summed E-state index contributed by atoms with van der Waals surface area (Å²) in [4.78, 5) is 0. The molecule has 0 bridgehead atoms. The van der Waals surface area contributed by atoms with Gasteiger partial charge in [0, 0.05) is 23.5 Å². The fraction of sp³-hybridized carbons (Fsp3) is 0.600. The van der Waals surface area contributed by atoms with E-state index in [1.54, 1.807) is 0 Å². The van der Waals surface area contributed by atoms with Crippen molar-refractivity contribution >= 4 is 11.4 Å². The molecular weight excluding hydrogens is 240 g/mol. The zero-order valence-corrected chi connectivity index (χ0v) is 12.4. The van der Waals surface area contributed by atoms with Crippen LogP contribution in [0.5, 0.6) is 5.75 Å². The molecule has 0 aromatic heterocycles. The molecule has 1 rings (SSSR count). The molecule has 0 spiro atoms. The zero-order chi connectivity index (χ0) is 14.5. The summed E-state index contributed by atoms with van der Waals surface area (Å²) in [5.74, 6) is 0.747. The lowest BCUT2D eigenvalue weighted by atomic mass is 9.93. The van der Waals surface area contributed by atoms with Crippen LogP contribution in [0, 0.1) is 0 Å². The first-order valence-corrected chi connectivity index (χ1v) is 6.91. The lowest BCUT2D eigenvalue weighted by molar-refractivity contribution is 0.202. The summed E-state index contributed by atoms with van der Waals surface area (Å²) in [7, 11) is 0. The maximum absolute atomic E-state index is 9.60. The monoisotopic (exact) mass is 266 g/mol. The predicted octanol–water partition coefficient (Wildman–Crippen LogP) is 3.02. The molecule has 0 unspecified atom stereocenters. The standard InChI is InChI=1S/C15H26N2O2/c1-5-15(6-2,10-18)17-13-7-12(16)8-14(9-13)19-11(3)4/h7-9,11,17-18H,5-6,10,16H2,1-4H3. The lowest BCUT2D eigenvalue weighted by Gasteiger charge is -2.32. The Bertz CT molecular complexity index is 393. The van der Waals surface area contributed by atoms with Crippen LogP contribution in [0.25, 0.3) is 0 Å². The molecule has 108 valence electrons. The number of benzene rings is 1. The van der Waals surface area contributed by atoms with Crippen molar-refractivity contribution in [3.8, 4) is 5.75 Å². The molecule has 0 heterocycles. The van der Waals surface area contributed by atoms with Gasteiger partial charge < -0.3 is 20.9 Å². The van der Waals surface area contributed by atoms with Crippen LogP contribution >= 0.6 is 0 Å². The van der Waals surface area contributed by atoms with Gasteiger partial charge in [0.1, 0.15) is 5.75 Å². The number of anilines is 2. The van der Waals surface area contributed by atoms with Crippen molar-refractivity contribution in [1.82, 2.24) is 0 Å². The second-order valence-electron chi connectivity index (χ2n) is 5.23. The first-order chi connectivity index (χ1) is 8.94. The highest BCUT2D eigenvalue weighted by Gasteiger charge is 2.24. The van der Waals surface area contributed by atoms with Crippen LogP contribution in [0.15, 0.2) is 18.2 Å². The number of aliphatic hydroxyl groups is 1. The Hall–Kier alpha value is -1.42. The van der Waals surface area contributed by atoms with Crippen molar-refractivity contribution in [3.63, 3.8) is 0 Å². The Morgan fingerprint density at radius 3 is 2.37 bits per heavy atom. The van der Waals surface area contributed by atoms with Crippen LogP contribution in [-0.4, -0.2) is 23.4 Å². The normalized spacial score (nSPS) is 11.7. The Labute approximate surface area is 116 Å². The van der Waals surface area contributed by atoms with Crippen LogP contribution in [0.4, 0.5) is 11.4 Å². The van der Waals surface area contributed by atoms with Gasteiger partial charge in [0.05, 0.1) is 18.2 Å². The fourth-order valence-corrected chi connectivity index (χ4v) is 2.03. The first-order valence-electron chi connectivity index (χ1n) is 6.91. The van der Waals surface area contributed by atoms with E-state index in [1.807, 2.05) is 32.0 Å². The van der Waals surface area contributed by atoms with Gasteiger partial charge in [0.15, 0.2) is 0 Å². The number of rotatable bonds is 7. The molecule has 19 heavy (non-hydrogen) atoms. The average molecular weight is 266 g/mol. The summed E-state index contributed by atoms with van der Waals surface area (Å²) < 4.78 is 5.67. The molecule has 4 heteroatoms. The van der Waals surface area contributed by atoms with E-state index in [9.17, 15) is 5.11 Å². The highest BCUT2D eigenvalue weighted by Crippen LogP contribution is 2.28. The Kier molecular flexibility index (Phi) is 5.48. The van der Waals surface area contributed by atoms with E-state index in [2.05, 4.69) is 19.2 Å². The maximum atomic E-state index is 9.60. The molecule has 0 fully saturated rings. The van der Waals surface area contributed by atoms with Gasteiger partial charge in [-0.1, -0.05) is 13.8 Å². The Morgan fingerprint density at radius 2 is 1.89 bits per heavy atom. The van der Waals surface area contributed by atoms with Crippen molar-refractivity contribution in [3.05, 3.63) is 18.2 Å². The zero-order valence-electron chi connectivity index (χ0n) is 12.4. The molecule has 0 aliphatic carbocycles. The van der Waals surface area contributed by atoms with Crippen molar-refractivity contribution in [2.24, 2.45) is 0 Å². The van der Waals surface area contributed by atoms with Crippen molar-refractivity contribution in [2.75, 3.05) is 17.7 Å². The minimum atomic E-state index is -0.303. The summed E-state index contributed by atoms with van der Waals surface area (Å²) in [5, 5.41) is 13.0. The van der Waals surface area contributed by atoms with Gasteiger partial charge in [-0.15, -0.1) is 0 Å². The summed E-state index contributed by atoms with van der Waals surface area (Å²) in [6, 6.07) is 5.60. The van der Waals surface area contributed by atoms with Gasteiger partial charge in [-0.05, 0) is 32.8 Å². The van der Waals surface area contributed by atoms with E-state index < -0.39 is 0 Å². The number of ether oxygens (including phenoxy) is 1. The minimum Gasteiger partial charge on any atom is -0.491 e. The second-order valence-corrected chi connectivity index (χ2v) is 5.23. The van der Waals surface area contributed by atoms with Gasteiger partial charge in [-0.25, -0.2) is 0 Å². The smallest absolute Gasteiger partial charge is 0.123 e. The molecule has 4 N–H and O–H groups in total. The molecule has 1 aromatic carbocycles. The molecule has 0 atom stereocenters. The molecule has 0 radical (unpaired) electrons.